The number of carbonyl (C=O) groups excluding carboxylic acids is 1. The number of ether oxygens (including phenoxy) is 3. The lowest BCUT2D eigenvalue weighted by Crippen LogP contribution is -2.31. The molecule has 1 amide bonds. The molecular weight excluding hydrogens is 462 g/mol. The highest BCUT2D eigenvalue weighted by atomic mass is 16.5. The summed E-state index contributed by atoms with van der Waals surface area (Å²) in [7, 11) is 3.14. The minimum absolute atomic E-state index is 0.211. The number of aromatic nitrogens is 4. The quantitative estimate of drug-likeness (QED) is 0.351. The standard InChI is InChI=1S/C26H27N5O5/c1-4-36-18-7-5-17(6-8-18)21-15-25(32)31(16-28-21)12-11-27-26(33)23-14-22(29-30-23)20-13-19(34-2)9-10-24(20)35-3/h5-10,13-16H,4,11-12H2,1-3H3,(H,27,33)(H,29,30). The van der Waals surface area contributed by atoms with E-state index in [-0.39, 0.29) is 30.2 Å². The molecule has 186 valence electrons. The van der Waals surface area contributed by atoms with Crippen molar-refractivity contribution in [3.63, 3.8) is 0 Å². The van der Waals surface area contributed by atoms with Crippen LogP contribution in [0.5, 0.6) is 17.2 Å². The van der Waals surface area contributed by atoms with Crippen LogP contribution in [0.2, 0.25) is 0 Å². The zero-order chi connectivity index (χ0) is 25.5. The number of rotatable bonds is 10. The molecule has 10 nitrogen and oxygen atoms in total. The van der Waals surface area contributed by atoms with Gasteiger partial charge in [0.1, 0.15) is 22.9 Å². The van der Waals surface area contributed by atoms with Gasteiger partial charge in [-0.05, 0) is 55.5 Å². The van der Waals surface area contributed by atoms with Crippen LogP contribution in [0.1, 0.15) is 17.4 Å². The van der Waals surface area contributed by atoms with Crippen LogP contribution in [0, 0.1) is 0 Å². The molecule has 10 heteroatoms. The summed E-state index contributed by atoms with van der Waals surface area (Å²) in [6.07, 6.45) is 1.48. The van der Waals surface area contributed by atoms with Crippen LogP contribution in [-0.4, -0.2) is 53.0 Å². The van der Waals surface area contributed by atoms with E-state index in [2.05, 4.69) is 20.5 Å². The number of aromatic amines is 1. The van der Waals surface area contributed by atoms with Gasteiger partial charge in [0.15, 0.2) is 0 Å². The topological polar surface area (TPSA) is 120 Å². The van der Waals surface area contributed by atoms with Crippen molar-refractivity contribution in [2.45, 2.75) is 13.5 Å². The highest BCUT2D eigenvalue weighted by Crippen LogP contribution is 2.32. The van der Waals surface area contributed by atoms with Crippen molar-refractivity contribution in [1.29, 1.82) is 0 Å². The van der Waals surface area contributed by atoms with Crippen LogP contribution in [0.4, 0.5) is 0 Å². The molecular formula is C26H27N5O5. The Morgan fingerprint density at radius 3 is 2.47 bits per heavy atom. The van der Waals surface area contributed by atoms with Crippen molar-refractivity contribution >= 4 is 5.91 Å². The minimum Gasteiger partial charge on any atom is -0.497 e. The number of nitrogens with zero attached hydrogens (tertiary/aromatic N) is 3. The number of nitrogens with one attached hydrogen (secondary N) is 2. The molecule has 4 rings (SSSR count). The van der Waals surface area contributed by atoms with E-state index in [9.17, 15) is 9.59 Å². The zero-order valence-corrected chi connectivity index (χ0v) is 20.3. The van der Waals surface area contributed by atoms with Gasteiger partial charge in [0, 0.05) is 30.3 Å². The Morgan fingerprint density at radius 1 is 1.00 bits per heavy atom. The maximum Gasteiger partial charge on any atom is 0.269 e. The molecule has 0 atom stereocenters. The number of carbonyl (C=O) groups is 1. The van der Waals surface area contributed by atoms with Crippen molar-refractivity contribution in [1.82, 2.24) is 25.1 Å². The smallest absolute Gasteiger partial charge is 0.269 e. The summed E-state index contributed by atoms with van der Waals surface area (Å²) in [5.41, 5.74) is 2.70. The van der Waals surface area contributed by atoms with Crippen LogP contribution < -0.4 is 25.1 Å². The monoisotopic (exact) mass is 489 g/mol. The number of amides is 1. The third kappa shape index (κ3) is 5.54. The minimum atomic E-state index is -0.345. The number of H-pyrrole nitrogens is 1. The van der Waals surface area contributed by atoms with E-state index in [1.54, 1.807) is 38.5 Å². The average Bonchev–Trinajstić information content (AvgIpc) is 3.40. The van der Waals surface area contributed by atoms with Crippen LogP contribution >= 0.6 is 0 Å². The van der Waals surface area contributed by atoms with Gasteiger partial charge in [-0.2, -0.15) is 5.10 Å². The molecule has 36 heavy (non-hydrogen) atoms. The fraction of sp³-hybridized carbons (Fsp3) is 0.231. The van der Waals surface area contributed by atoms with E-state index in [1.807, 2.05) is 31.2 Å². The molecule has 0 saturated carbocycles. The summed E-state index contributed by atoms with van der Waals surface area (Å²) < 4.78 is 17.5. The second-order valence-electron chi connectivity index (χ2n) is 7.75. The van der Waals surface area contributed by atoms with Gasteiger partial charge in [-0.3, -0.25) is 19.3 Å². The van der Waals surface area contributed by atoms with Crippen LogP contribution in [0.15, 0.2) is 65.7 Å². The summed E-state index contributed by atoms with van der Waals surface area (Å²) in [5.74, 6) is 1.67. The van der Waals surface area contributed by atoms with E-state index in [0.717, 1.165) is 11.3 Å². The Hall–Kier alpha value is -4.60. The van der Waals surface area contributed by atoms with E-state index < -0.39 is 0 Å². The van der Waals surface area contributed by atoms with Gasteiger partial charge >= 0.3 is 0 Å². The molecule has 0 aliphatic carbocycles. The highest BCUT2D eigenvalue weighted by Gasteiger charge is 2.15. The molecule has 0 aliphatic heterocycles. The van der Waals surface area contributed by atoms with Crippen molar-refractivity contribution < 1.29 is 19.0 Å². The van der Waals surface area contributed by atoms with Crippen LogP contribution in [0.25, 0.3) is 22.5 Å². The Bertz CT molecular complexity index is 1390. The SMILES string of the molecule is CCOc1ccc(-c2cc(=O)n(CCNC(=O)c3cc(-c4cc(OC)ccc4OC)n[nH]3)cn2)cc1. The van der Waals surface area contributed by atoms with Gasteiger partial charge in [0.2, 0.25) is 0 Å². The third-order valence-electron chi connectivity index (χ3n) is 5.48. The second kappa shape index (κ2) is 11.2. The molecule has 0 saturated heterocycles. The van der Waals surface area contributed by atoms with Crippen molar-refractivity contribution in [2.24, 2.45) is 0 Å². The molecule has 0 unspecified atom stereocenters. The zero-order valence-electron chi connectivity index (χ0n) is 20.3. The average molecular weight is 490 g/mol. The van der Waals surface area contributed by atoms with Gasteiger partial charge in [-0.25, -0.2) is 4.98 Å². The lowest BCUT2D eigenvalue weighted by atomic mass is 10.1. The normalized spacial score (nSPS) is 10.6. The lowest BCUT2D eigenvalue weighted by molar-refractivity contribution is 0.0947. The maximum atomic E-state index is 12.6. The van der Waals surface area contributed by atoms with Gasteiger partial charge < -0.3 is 19.5 Å². The Kier molecular flexibility index (Phi) is 7.64. The fourth-order valence-corrected chi connectivity index (χ4v) is 3.62. The summed E-state index contributed by atoms with van der Waals surface area (Å²) >= 11 is 0. The first-order chi connectivity index (χ1) is 17.5. The van der Waals surface area contributed by atoms with E-state index in [1.165, 1.54) is 17.0 Å². The molecule has 2 aromatic carbocycles. The first-order valence-corrected chi connectivity index (χ1v) is 11.4. The summed E-state index contributed by atoms with van der Waals surface area (Å²) in [6, 6.07) is 15.8. The predicted octanol–water partition coefficient (Wildman–Crippen LogP) is 3.15. The Balaban J connectivity index is 1.37. The van der Waals surface area contributed by atoms with E-state index in [4.69, 9.17) is 14.2 Å². The summed E-state index contributed by atoms with van der Waals surface area (Å²) in [4.78, 5) is 29.5. The van der Waals surface area contributed by atoms with Crippen LogP contribution in [0.3, 0.4) is 0 Å². The number of hydrogen-bond acceptors (Lipinski definition) is 7. The van der Waals surface area contributed by atoms with Crippen molar-refractivity contribution in [3.05, 3.63) is 77.0 Å². The fourth-order valence-electron chi connectivity index (χ4n) is 3.62. The number of benzene rings is 2. The predicted molar refractivity (Wildman–Crippen MR) is 135 cm³/mol. The van der Waals surface area contributed by atoms with Crippen molar-refractivity contribution in [3.8, 4) is 39.8 Å². The molecule has 0 aliphatic rings. The first kappa shape index (κ1) is 24.5. The molecule has 4 aromatic rings. The molecule has 0 spiro atoms. The Labute approximate surface area is 207 Å². The van der Waals surface area contributed by atoms with Gasteiger partial charge in [-0.1, -0.05) is 0 Å². The van der Waals surface area contributed by atoms with Gasteiger partial charge in [0.25, 0.3) is 11.5 Å². The molecule has 0 fully saturated rings. The molecule has 0 radical (unpaired) electrons. The van der Waals surface area contributed by atoms with Crippen molar-refractivity contribution in [2.75, 3.05) is 27.4 Å². The third-order valence-corrected chi connectivity index (χ3v) is 5.48. The Morgan fingerprint density at radius 2 is 1.78 bits per heavy atom. The molecule has 2 aromatic heterocycles. The van der Waals surface area contributed by atoms with Gasteiger partial charge in [-0.15, -0.1) is 0 Å². The first-order valence-electron chi connectivity index (χ1n) is 11.4. The highest BCUT2D eigenvalue weighted by molar-refractivity contribution is 5.93. The van der Waals surface area contributed by atoms with Gasteiger partial charge in [0.05, 0.1) is 38.5 Å². The lowest BCUT2D eigenvalue weighted by Gasteiger charge is -2.08. The largest absolute Gasteiger partial charge is 0.497 e. The second-order valence-corrected chi connectivity index (χ2v) is 7.75. The maximum absolute atomic E-state index is 12.6. The number of hydrogen-bond donors (Lipinski definition) is 2. The summed E-state index contributed by atoms with van der Waals surface area (Å²) in [6.45, 7) is 3.01. The molecule has 0 bridgehead atoms. The molecule has 2 heterocycles. The summed E-state index contributed by atoms with van der Waals surface area (Å²) in [5, 5.41) is 9.76. The number of methoxy groups -OCH3 is 2. The molecule has 2 N–H and O–H groups in total. The van der Waals surface area contributed by atoms with E-state index >= 15 is 0 Å². The van der Waals surface area contributed by atoms with E-state index in [0.29, 0.717) is 35.1 Å². The van der Waals surface area contributed by atoms with Crippen LogP contribution in [-0.2, 0) is 6.54 Å².